The summed E-state index contributed by atoms with van der Waals surface area (Å²) < 4.78 is 25.3. The molecule has 178 valence electrons. The van der Waals surface area contributed by atoms with Crippen molar-refractivity contribution in [3.05, 3.63) is 69.4 Å². The Balaban J connectivity index is 1.37. The first-order valence-electron chi connectivity index (χ1n) is 11.3. The molecule has 0 N–H and O–H groups in total. The lowest BCUT2D eigenvalue weighted by Crippen LogP contribution is -2.49. The highest BCUT2D eigenvalue weighted by Gasteiger charge is 2.58. The molecule has 2 aliphatic heterocycles. The van der Waals surface area contributed by atoms with E-state index in [0.717, 1.165) is 20.5 Å². The van der Waals surface area contributed by atoms with Crippen molar-refractivity contribution < 1.29 is 28.2 Å². The van der Waals surface area contributed by atoms with E-state index in [0.29, 0.717) is 44.5 Å². The van der Waals surface area contributed by atoms with Gasteiger partial charge in [-0.1, -0.05) is 34.1 Å². The van der Waals surface area contributed by atoms with Gasteiger partial charge in [0.2, 0.25) is 11.5 Å². The zero-order valence-corrected chi connectivity index (χ0v) is 20.1. The molecule has 3 amide bonds. The molecule has 0 bridgehead atoms. The van der Waals surface area contributed by atoms with Crippen LogP contribution in [0.25, 0.3) is 0 Å². The second-order valence-electron chi connectivity index (χ2n) is 8.88. The molecular weight excluding hydrogens is 507 g/mol. The van der Waals surface area contributed by atoms with Gasteiger partial charge in [-0.15, -0.1) is 0 Å². The van der Waals surface area contributed by atoms with Crippen LogP contribution in [-0.4, -0.2) is 53.5 Å². The van der Waals surface area contributed by atoms with Crippen LogP contribution < -0.4 is 0 Å². The molecule has 3 aliphatic rings. The fourth-order valence-electron chi connectivity index (χ4n) is 5.05. The van der Waals surface area contributed by atoms with E-state index in [9.17, 15) is 18.8 Å². The third-order valence-corrected chi connectivity index (χ3v) is 7.33. The van der Waals surface area contributed by atoms with E-state index in [1.807, 2.05) is 12.1 Å². The molecular formula is C25H24BrFN2O5. The maximum absolute atomic E-state index is 13.5. The first kappa shape index (κ1) is 23.0. The molecule has 0 radical (unpaired) electrons. The second-order valence-corrected chi connectivity index (χ2v) is 9.80. The van der Waals surface area contributed by atoms with Crippen LogP contribution in [0, 0.1) is 5.82 Å². The standard InChI is InChI=1S/C25H24BrFN2O5/c26-18-3-6-21-17(13-18)7-10-25(21)23(31)29(24(32)34-25)15-22(30)28(20-8-11-33-12-9-20)14-16-1-4-19(27)5-2-16/h1-6,13,20H,7-12,14-15H2/t25-/m1/s1. The van der Waals surface area contributed by atoms with E-state index < -0.39 is 24.1 Å². The molecule has 5 rings (SSSR count). The zero-order chi connectivity index (χ0) is 23.9. The van der Waals surface area contributed by atoms with Crippen LogP contribution in [0.3, 0.4) is 0 Å². The Bertz CT molecular complexity index is 1130. The third kappa shape index (κ3) is 4.11. The first-order chi connectivity index (χ1) is 16.4. The van der Waals surface area contributed by atoms with Crippen molar-refractivity contribution in [2.24, 2.45) is 0 Å². The van der Waals surface area contributed by atoms with E-state index >= 15 is 0 Å². The highest BCUT2D eigenvalue weighted by Crippen LogP contribution is 2.46. The largest absolute Gasteiger partial charge is 0.427 e. The van der Waals surface area contributed by atoms with Crippen LogP contribution >= 0.6 is 15.9 Å². The molecule has 2 aromatic carbocycles. The average Bonchev–Trinajstić information content (AvgIpc) is 3.31. The molecule has 2 fully saturated rings. The summed E-state index contributed by atoms with van der Waals surface area (Å²) in [5.74, 6) is -1.21. The van der Waals surface area contributed by atoms with Crippen LogP contribution in [0.15, 0.2) is 46.9 Å². The molecule has 1 atom stereocenters. The quantitative estimate of drug-likeness (QED) is 0.585. The van der Waals surface area contributed by atoms with Crippen molar-refractivity contribution in [3.63, 3.8) is 0 Å². The fraction of sp³-hybridized carbons (Fsp3) is 0.400. The number of hydrogen-bond donors (Lipinski definition) is 0. The third-order valence-electron chi connectivity index (χ3n) is 6.83. The normalized spacial score (nSPS) is 22.2. The summed E-state index contributed by atoms with van der Waals surface area (Å²) in [6.45, 7) is 0.905. The Labute approximate surface area is 204 Å². The van der Waals surface area contributed by atoms with E-state index in [4.69, 9.17) is 9.47 Å². The number of carbonyl (C=O) groups excluding carboxylic acids is 3. The van der Waals surface area contributed by atoms with Gasteiger partial charge in [0.25, 0.3) is 5.91 Å². The predicted octanol–water partition coefficient (Wildman–Crippen LogP) is 3.92. The molecule has 2 aromatic rings. The van der Waals surface area contributed by atoms with Crippen molar-refractivity contribution in [3.8, 4) is 0 Å². The Kier molecular flexibility index (Phi) is 6.16. The number of fused-ring (bicyclic) bond motifs is 2. The van der Waals surface area contributed by atoms with Crippen LogP contribution in [0.4, 0.5) is 9.18 Å². The van der Waals surface area contributed by atoms with Crippen molar-refractivity contribution in [1.29, 1.82) is 0 Å². The van der Waals surface area contributed by atoms with Crippen LogP contribution in [0.5, 0.6) is 0 Å². The smallest absolute Gasteiger partial charge is 0.418 e. The number of nitrogens with zero attached hydrogens (tertiary/aromatic N) is 2. The Morgan fingerprint density at radius 3 is 2.62 bits per heavy atom. The number of aryl methyl sites for hydroxylation is 1. The van der Waals surface area contributed by atoms with Gasteiger partial charge in [0.05, 0.1) is 0 Å². The van der Waals surface area contributed by atoms with E-state index in [1.165, 1.54) is 12.1 Å². The molecule has 0 unspecified atom stereocenters. The zero-order valence-electron chi connectivity index (χ0n) is 18.5. The molecule has 1 spiro atoms. The number of benzene rings is 2. The second kappa shape index (κ2) is 9.11. The highest BCUT2D eigenvalue weighted by molar-refractivity contribution is 9.10. The molecule has 0 saturated carbocycles. The van der Waals surface area contributed by atoms with Crippen LogP contribution in [0.2, 0.25) is 0 Å². The van der Waals surface area contributed by atoms with E-state index in [-0.39, 0.29) is 24.3 Å². The van der Waals surface area contributed by atoms with Gasteiger partial charge in [0.15, 0.2) is 0 Å². The Morgan fingerprint density at radius 2 is 1.88 bits per heavy atom. The van der Waals surface area contributed by atoms with Gasteiger partial charge in [0.1, 0.15) is 12.4 Å². The summed E-state index contributed by atoms with van der Waals surface area (Å²) >= 11 is 3.44. The number of ether oxygens (including phenoxy) is 2. The van der Waals surface area contributed by atoms with Gasteiger partial charge in [-0.25, -0.2) is 14.1 Å². The van der Waals surface area contributed by atoms with Gasteiger partial charge >= 0.3 is 6.09 Å². The number of hydrogen-bond acceptors (Lipinski definition) is 5. The molecule has 9 heteroatoms. The number of imide groups is 1. The molecule has 0 aromatic heterocycles. The summed E-state index contributed by atoms with van der Waals surface area (Å²) in [4.78, 5) is 42.3. The fourth-order valence-corrected chi connectivity index (χ4v) is 5.46. The maximum atomic E-state index is 13.5. The van der Waals surface area contributed by atoms with Gasteiger partial charge in [-0.3, -0.25) is 9.59 Å². The average molecular weight is 531 g/mol. The topological polar surface area (TPSA) is 76.2 Å². The van der Waals surface area contributed by atoms with Crippen molar-refractivity contribution >= 4 is 33.8 Å². The minimum atomic E-state index is -1.37. The summed E-state index contributed by atoms with van der Waals surface area (Å²) in [6.07, 6.45) is 1.46. The van der Waals surface area contributed by atoms with E-state index in [2.05, 4.69) is 15.9 Å². The summed E-state index contributed by atoms with van der Waals surface area (Å²) in [5.41, 5.74) is 1.03. The predicted molar refractivity (Wildman–Crippen MR) is 123 cm³/mol. The number of amides is 3. The van der Waals surface area contributed by atoms with Crippen LogP contribution in [0.1, 0.15) is 36.0 Å². The summed E-state index contributed by atoms with van der Waals surface area (Å²) in [6, 6.07) is 11.4. The Hall–Kier alpha value is -2.78. The van der Waals surface area contributed by atoms with Gasteiger partial charge in [-0.05, 0) is 54.7 Å². The lowest BCUT2D eigenvalue weighted by atomic mass is 9.95. The minimum Gasteiger partial charge on any atom is -0.427 e. The van der Waals surface area contributed by atoms with Gasteiger partial charge in [0, 0.05) is 42.3 Å². The first-order valence-corrected chi connectivity index (χ1v) is 12.1. The van der Waals surface area contributed by atoms with Crippen LogP contribution in [-0.2, 0) is 37.6 Å². The van der Waals surface area contributed by atoms with Gasteiger partial charge < -0.3 is 14.4 Å². The van der Waals surface area contributed by atoms with Crippen molar-refractivity contribution in [2.75, 3.05) is 19.8 Å². The lowest BCUT2D eigenvalue weighted by molar-refractivity contribution is -0.144. The number of rotatable bonds is 5. The molecule has 7 nitrogen and oxygen atoms in total. The molecule has 2 saturated heterocycles. The number of halogens is 2. The molecule has 2 heterocycles. The highest BCUT2D eigenvalue weighted by atomic mass is 79.9. The minimum absolute atomic E-state index is 0.0986. The van der Waals surface area contributed by atoms with Gasteiger partial charge in [-0.2, -0.15) is 0 Å². The van der Waals surface area contributed by atoms with Crippen molar-refractivity contribution in [2.45, 2.75) is 43.9 Å². The lowest BCUT2D eigenvalue weighted by Gasteiger charge is -2.35. The molecule has 1 aliphatic carbocycles. The molecule has 34 heavy (non-hydrogen) atoms. The van der Waals surface area contributed by atoms with Crippen molar-refractivity contribution in [1.82, 2.24) is 9.80 Å². The maximum Gasteiger partial charge on any atom is 0.418 e. The SMILES string of the molecule is O=C1O[C@@]2(CCc3cc(Br)ccc32)C(=O)N1CC(=O)N(Cc1ccc(F)cc1)C1CCOCC1. The summed E-state index contributed by atoms with van der Waals surface area (Å²) in [7, 11) is 0. The number of carbonyl (C=O) groups is 3. The Morgan fingerprint density at radius 1 is 1.15 bits per heavy atom. The van der Waals surface area contributed by atoms with E-state index in [1.54, 1.807) is 23.1 Å². The summed E-state index contributed by atoms with van der Waals surface area (Å²) in [5, 5.41) is 0. The monoisotopic (exact) mass is 530 g/mol.